The Balaban J connectivity index is 2.06. The molecule has 0 aliphatic heterocycles. The van der Waals surface area contributed by atoms with Gasteiger partial charge < -0.3 is 10.1 Å². The second-order valence-electron chi connectivity index (χ2n) is 5.59. The van der Waals surface area contributed by atoms with E-state index in [2.05, 4.69) is 5.32 Å². The lowest BCUT2D eigenvalue weighted by Gasteiger charge is -2.26. The van der Waals surface area contributed by atoms with E-state index in [-0.39, 0.29) is 12.3 Å². The van der Waals surface area contributed by atoms with E-state index in [1.54, 1.807) is 32.0 Å². The van der Waals surface area contributed by atoms with Crippen molar-refractivity contribution in [3.05, 3.63) is 75.8 Å². The van der Waals surface area contributed by atoms with Crippen LogP contribution in [0.5, 0.6) is 0 Å². The molecule has 0 saturated heterocycles. The molecule has 23 heavy (non-hydrogen) atoms. The fourth-order valence-electron chi connectivity index (χ4n) is 2.24. The van der Waals surface area contributed by atoms with Crippen molar-refractivity contribution >= 4 is 11.8 Å². The highest BCUT2D eigenvalue weighted by Crippen LogP contribution is 2.29. The maximum atomic E-state index is 12.0. The van der Waals surface area contributed by atoms with E-state index in [1.807, 2.05) is 30.3 Å². The largest absolute Gasteiger partial charge is 0.445 e. The minimum atomic E-state index is -0.933. The lowest BCUT2D eigenvalue weighted by molar-refractivity contribution is -0.386. The van der Waals surface area contributed by atoms with Crippen molar-refractivity contribution in [2.24, 2.45) is 0 Å². The summed E-state index contributed by atoms with van der Waals surface area (Å²) < 4.78 is 5.17. The van der Waals surface area contributed by atoms with Crippen LogP contribution >= 0.6 is 0 Å². The molecule has 0 radical (unpaired) electrons. The Bertz CT molecular complexity index is 699. The number of benzene rings is 2. The number of hydrogen-bond acceptors (Lipinski definition) is 4. The lowest BCUT2D eigenvalue weighted by atomic mass is 9.93. The number of nitro benzene ring substituents is 1. The topological polar surface area (TPSA) is 81.5 Å². The van der Waals surface area contributed by atoms with E-state index in [9.17, 15) is 14.9 Å². The molecule has 0 unspecified atom stereocenters. The van der Waals surface area contributed by atoms with Gasteiger partial charge in [-0.05, 0) is 25.5 Å². The van der Waals surface area contributed by atoms with Crippen molar-refractivity contribution in [2.75, 3.05) is 0 Å². The molecule has 2 aromatic rings. The number of alkyl carbamates (subject to hydrolysis) is 1. The van der Waals surface area contributed by atoms with E-state index in [0.717, 1.165) is 5.56 Å². The first-order valence-electron chi connectivity index (χ1n) is 7.13. The van der Waals surface area contributed by atoms with Crippen LogP contribution < -0.4 is 5.32 Å². The second kappa shape index (κ2) is 6.91. The van der Waals surface area contributed by atoms with Crippen molar-refractivity contribution in [1.82, 2.24) is 5.32 Å². The Morgan fingerprint density at radius 3 is 2.39 bits per heavy atom. The molecule has 0 aliphatic rings. The summed E-state index contributed by atoms with van der Waals surface area (Å²) in [6.07, 6.45) is -0.628. The molecule has 1 amide bonds. The van der Waals surface area contributed by atoms with Gasteiger partial charge in [0.1, 0.15) is 6.61 Å². The highest BCUT2D eigenvalue weighted by molar-refractivity contribution is 5.69. The minimum absolute atomic E-state index is 0.0409. The molecule has 6 heteroatoms. The second-order valence-corrected chi connectivity index (χ2v) is 5.59. The summed E-state index contributed by atoms with van der Waals surface area (Å²) in [6, 6.07) is 15.6. The summed E-state index contributed by atoms with van der Waals surface area (Å²) in [5, 5.41) is 13.8. The number of nitrogens with zero attached hydrogens (tertiary/aromatic N) is 1. The maximum absolute atomic E-state index is 12.0. The number of amides is 1. The van der Waals surface area contributed by atoms with Gasteiger partial charge in [-0.25, -0.2) is 4.79 Å². The standard InChI is InChI=1S/C17H18N2O4/c1-17(2,14-10-6-7-11-15(14)19(21)22)18-16(20)23-12-13-8-4-3-5-9-13/h3-11H,12H2,1-2H3,(H,18,20). The Morgan fingerprint density at radius 2 is 1.74 bits per heavy atom. The van der Waals surface area contributed by atoms with Crippen molar-refractivity contribution in [1.29, 1.82) is 0 Å². The molecule has 0 bridgehead atoms. The van der Waals surface area contributed by atoms with Crippen LogP contribution in [-0.2, 0) is 16.9 Å². The Hall–Kier alpha value is -2.89. The van der Waals surface area contributed by atoms with Crippen LogP contribution in [0, 0.1) is 10.1 Å². The van der Waals surface area contributed by atoms with E-state index < -0.39 is 16.6 Å². The van der Waals surface area contributed by atoms with Crippen LogP contribution in [-0.4, -0.2) is 11.0 Å². The molecule has 0 heterocycles. The Kier molecular flexibility index (Phi) is 4.95. The molecule has 120 valence electrons. The summed E-state index contributed by atoms with van der Waals surface area (Å²) >= 11 is 0. The van der Waals surface area contributed by atoms with Gasteiger partial charge >= 0.3 is 6.09 Å². The molecule has 1 N–H and O–H groups in total. The van der Waals surface area contributed by atoms with Gasteiger partial charge in [0.2, 0.25) is 0 Å². The lowest BCUT2D eigenvalue weighted by Crippen LogP contribution is -2.41. The normalized spacial score (nSPS) is 10.9. The van der Waals surface area contributed by atoms with Gasteiger partial charge in [0.15, 0.2) is 0 Å². The quantitative estimate of drug-likeness (QED) is 0.673. The molecular formula is C17H18N2O4. The summed E-state index contributed by atoms with van der Waals surface area (Å²) in [5.74, 6) is 0. The molecular weight excluding hydrogens is 296 g/mol. The number of hydrogen-bond donors (Lipinski definition) is 1. The molecule has 2 aromatic carbocycles. The van der Waals surface area contributed by atoms with Crippen LogP contribution in [0.2, 0.25) is 0 Å². The smallest absolute Gasteiger partial charge is 0.408 e. The van der Waals surface area contributed by atoms with Crippen molar-refractivity contribution in [3.8, 4) is 0 Å². The van der Waals surface area contributed by atoms with Crippen molar-refractivity contribution in [3.63, 3.8) is 0 Å². The summed E-state index contributed by atoms with van der Waals surface area (Å²) in [7, 11) is 0. The van der Waals surface area contributed by atoms with E-state index in [4.69, 9.17) is 4.74 Å². The highest BCUT2D eigenvalue weighted by atomic mass is 16.6. The molecule has 0 atom stereocenters. The highest BCUT2D eigenvalue weighted by Gasteiger charge is 2.30. The van der Waals surface area contributed by atoms with E-state index >= 15 is 0 Å². The first-order chi connectivity index (χ1) is 10.9. The van der Waals surface area contributed by atoms with E-state index in [1.165, 1.54) is 6.07 Å². The SMILES string of the molecule is CC(C)(NC(=O)OCc1ccccc1)c1ccccc1[N+](=O)[O-]. The third kappa shape index (κ3) is 4.29. The fourth-order valence-corrected chi connectivity index (χ4v) is 2.24. The Labute approximate surface area is 134 Å². The molecule has 0 saturated carbocycles. The van der Waals surface area contributed by atoms with Crippen molar-refractivity contribution in [2.45, 2.75) is 26.0 Å². The van der Waals surface area contributed by atoms with Gasteiger partial charge in [-0.1, -0.05) is 42.5 Å². The first-order valence-corrected chi connectivity index (χ1v) is 7.13. The number of nitrogens with one attached hydrogen (secondary N) is 1. The Morgan fingerprint density at radius 1 is 1.13 bits per heavy atom. The third-order valence-corrected chi connectivity index (χ3v) is 3.40. The average Bonchev–Trinajstić information content (AvgIpc) is 2.53. The van der Waals surface area contributed by atoms with Crippen LogP contribution in [0.1, 0.15) is 25.0 Å². The summed E-state index contributed by atoms with van der Waals surface area (Å²) in [6.45, 7) is 3.53. The number of rotatable bonds is 5. The van der Waals surface area contributed by atoms with E-state index in [0.29, 0.717) is 5.56 Å². The molecule has 6 nitrogen and oxygen atoms in total. The van der Waals surface area contributed by atoms with Gasteiger partial charge in [0.25, 0.3) is 5.69 Å². The van der Waals surface area contributed by atoms with Gasteiger partial charge in [-0.2, -0.15) is 0 Å². The molecule has 0 spiro atoms. The number of carbonyl (C=O) groups excluding carboxylic acids is 1. The summed E-state index contributed by atoms with van der Waals surface area (Å²) in [5.41, 5.74) is 0.311. The number of para-hydroxylation sites is 1. The average molecular weight is 314 g/mol. The number of nitro groups is 1. The number of ether oxygens (including phenoxy) is 1. The predicted octanol–water partition coefficient (Wildman–Crippen LogP) is 3.76. The zero-order chi connectivity index (χ0) is 16.9. The third-order valence-electron chi connectivity index (χ3n) is 3.40. The fraction of sp³-hybridized carbons (Fsp3) is 0.235. The van der Waals surface area contributed by atoms with Gasteiger partial charge in [-0.15, -0.1) is 0 Å². The molecule has 0 aromatic heterocycles. The van der Waals surface area contributed by atoms with Crippen LogP contribution in [0.3, 0.4) is 0 Å². The van der Waals surface area contributed by atoms with Crippen LogP contribution in [0.4, 0.5) is 10.5 Å². The van der Waals surface area contributed by atoms with Crippen LogP contribution in [0.15, 0.2) is 54.6 Å². The minimum Gasteiger partial charge on any atom is -0.445 e. The molecule has 0 fully saturated rings. The predicted molar refractivity (Wildman–Crippen MR) is 85.9 cm³/mol. The van der Waals surface area contributed by atoms with Crippen molar-refractivity contribution < 1.29 is 14.5 Å². The van der Waals surface area contributed by atoms with Gasteiger partial charge in [-0.3, -0.25) is 10.1 Å². The monoisotopic (exact) mass is 314 g/mol. The maximum Gasteiger partial charge on any atom is 0.408 e. The molecule has 2 rings (SSSR count). The van der Waals surface area contributed by atoms with Gasteiger partial charge in [0, 0.05) is 6.07 Å². The first kappa shape index (κ1) is 16.5. The molecule has 0 aliphatic carbocycles. The summed E-state index contributed by atoms with van der Waals surface area (Å²) in [4.78, 5) is 22.6. The van der Waals surface area contributed by atoms with Gasteiger partial charge in [0.05, 0.1) is 16.0 Å². The van der Waals surface area contributed by atoms with Crippen LogP contribution in [0.25, 0.3) is 0 Å². The number of carbonyl (C=O) groups is 1. The zero-order valence-electron chi connectivity index (χ0n) is 13.0. The zero-order valence-corrected chi connectivity index (χ0v) is 13.0.